The maximum atomic E-state index is 2.38. The normalized spacial score (nSPS) is 13.8. The van der Waals surface area contributed by atoms with Gasteiger partial charge in [-0.15, -0.1) is 0 Å². The number of rotatable bonds is 0. The van der Waals surface area contributed by atoms with Gasteiger partial charge in [-0.1, -0.05) is 80.0 Å². The SMILES string of the molecule is Cc1cc(C(C)(C)C)c(C(C)(C)C)c(C(C)(C)C)c1. The van der Waals surface area contributed by atoms with Gasteiger partial charge in [0.05, 0.1) is 0 Å². The molecule has 0 aliphatic heterocycles. The summed E-state index contributed by atoms with van der Waals surface area (Å²) in [5, 5.41) is 0. The molecular formula is C19H32. The second-order valence-electron chi connectivity index (χ2n) is 8.99. The highest BCUT2D eigenvalue weighted by molar-refractivity contribution is 5.48. The van der Waals surface area contributed by atoms with Crippen LogP contribution in [0.2, 0.25) is 0 Å². The molecule has 0 atom stereocenters. The Bertz CT molecular complexity index is 421. The van der Waals surface area contributed by atoms with Gasteiger partial charge >= 0.3 is 0 Å². The molecule has 0 aliphatic carbocycles. The van der Waals surface area contributed by atoms with Crippen LogP contribution >= 0.6 is 0 Å². The standard InChI is InChI=1S/C19H32/c1-13-11-14(17(2,3)4)16(19(8,9)10)15(12-13)18(5,6)7/h11-12H,1-10H3. The molecule has 0 unspecified atom stereocenters. The Hall–Kier alpha value is -0.780. The first-order chi connectivity index (χ1) is 8.24. The first-order valence-corrected chi connectivity index (χ1v) is 7.40. The minimum atomic E-state index is 0.179. The van der Waals surface area contributed by atoms with Gasteiger partial charge in [-0.25, -0.2) is 0 Å². The lowest BCUT2D eigenvalue weighted by Gasteiger charge is -2.36. The van der Waals surface area contributed by atoms with Crippen LogP contribution in [0.5, 0.6) is 0 Å². The van der Waals surface area contributed by atoms with Gasteiger partial charge in [-0.3, -0.25) is 0 Å². The van der Waals surface area contributed by atoms with Gasteiger partial charge in [-0.05, 0) is 39.9 Å². The van der Waals surface area contributed by atoms with Crippen molar-refractivity contribution in [2.45, 2.75) is 85.5 Å². The molecule has 1 aromatic carbocycles. The predicted molar refractivity (Wildman–Crippen MR) is 87.3 cm³/mol. The van der Waals surface area contributed by atoms with Gasteiger partial charge < -0.3 is 0 Å². The first kappa shape index (κ1) is 16.3. The van der Waals surface area contributed by atoms with E-state index in [1.807, 2.05) is 0 Å². The van der Waals surface area contributed by atoms with Crippen molar-refractivity contribution >= 4 is 0 Å². The van der Waals surface area contributed by atoms with Gasteiger partial charge in [-0.2, -0.15) is 0 Å². The van der Waals surface area contributed by atoms with E-state index in [0.29, 0.717) is 0 Å². The molecule has 0 bridgehead atoms. The fourth-order valence-electron chi connectivity index (χ4n) is 2.78. The summed E-state index contributed by atoms with van der Waals surface area (Å²) in [4.78, 5) is 0. The summed E-state index contributed by atoms with van der Waals surface area (Å²) in [6, 6.07) is 4.77. The van der Waals surface area contributed by atoms with Crippen LogP contribution in [0.15, 0.2) is 12.1 Å². The summed E-state index contributed by atoms with van der Waals surface area (Å²) in [5.74, 6) is 0. The fourth-order valence-corrected chi connectivity index (χ4v) is 2.78. The zero-order valence-corrected chi connectivity index (χ0v) is 14.7. The Kier molecular flexibility index (Phi) is 3.98. The summed E-state index contributed by atoms with van der Waals surface area (Å²) in [6.07, 6.45) is 0. The Balaban J connectivity index is 3.80. The number of hydrogen-bond acceptors (Lipinski definition) is 0. The Morgan fingerprint density at radius 3 is 1.11 bits per heavy atom. The maximum Gasteiger partial charge on any atom is -0.0126 e. The van der Waals surface area contributed by atoms with Gasteiger partial charge in [0.15, 0.2) is 0 Å². The third kappa shape index (κ3) is 3.61. The molecule has 1 aromatic rings. The monoisotopic (exact) mass is 260 g/mol. The topological polar surface area (TPSA) is 0 Å². The number of benzene rings is 1. The molecular weight excluding hydrogens is 228 g/mol. The van der Waals surface area contributed by atoms with Crippen molar-refractivity contribution in [3.8, 4) is 0 Å². The smallest absolute Gasteiger partial charge is 0.0126 e. The van der Waals surface area contributed by atoms with Crippen LogP contribution in [-0.2, 0) is 16.2 Å². The number of hydrogen-bond donors (Lipinski definition) is 0. The minimum Gasteiger partial charge on any atom is -0.0561 e. The highest BCUT2D eigenvalue weighted by Gasteiger charge is 2.31. The van der Waals surface area contributed by atoms with E-state index >= 15 is 0 Å². The van der Waals surface area contributed by atoms with Crippen molar-refractivity contribution in [1.29, 1.82) is 0 Å². The molecule has 0 heteroatoms. The quantitative estimate of drug-likeness (QED) is 0.546. The molecule has 108 valence electrons. The molecule has 0 saturated carbocycles. The molecule has 0 aliphatic rings. The first-order valence-electron chi connectivity index (χ1n) is 7.40. The van der Waals surface area contributed by atoms with E-state index in [0.717, 1.165) is 0 Å². The van der Waals surface area contributed by atoms with Gasteiger partial charge in [0.25, 0.3) is 0 Å². The van der Waals surface area contributed by atoms with Crippen molar-refractivity contribution in [2.75, 3.05) is 0 Å². The van der Waals surface area contributed by atoms with Gasteiger partial charge in [0.1, 0.15) is 0 Å². The van der Waals surface area contributed by atoms with E-state index < -0.39 is 0 Å². The molecule has 0 nitrogen and oxygen atoms in total. The predicted octanol–water partition coefficient (Wildman–Crippen LogP) is 5.89. The molecule has 0 radical (unpaired) electrons. The molecule has 0 heterocycles. The van der Waals surface area contributed by atoms with Crippen molar-refractivity contribution in [1.82, 2.24) is 0 Å². The molecule has 0 saturated heterocycles. The average molecular weight is 260 g/mol. The van der Waals surface area contributed by atoms with Crippen molar-refractivity contribution in [3.63, 3.8) is 0 Å². The van der Waals surface area contributed by atoms with Crippen molar-refractivity contribution in [2.24, 2.45) is 0 Å². The highest BCUT2D eigenvalue weighted by atomic mass is 14.4. The highest BCUT2D eigenvalue weighted by Crippen LogP contribution is 2.41. The largest absolute Gasteiger partial charge is 0.0561 e. The van der Waals surface area contributed by atoms with Gasteiger partial charge in [0, 0.05) is 0 Å². The maximum absolute atomic E-state index is 2.38. The van der Waals surface area contributed by atoms with Crippen molar-refractivity contribution < 1.29 is 0 Å². The van der Waals surface area contributed by atoms with Crippen LogP contribution in [0.25, 0.3) is 0 Å². The van der Waals surface area contributed by atoms with E-state index in [-0.39, 0.29) is 16.2 Å². The molecule has 0 N–H and O–H groups in total. The zero-order valence-electron chi connectivity index (χ0n) is 14.7. The van der Waals surface area contributed by atoms with E-state index in [1.54, 1.807) is 0 Å². The molecule has 1 rings (SSSR count). The summed E-state index contributed by atoms with van der Waals surface area (Å²) in [5.41, 5.74) is 6.48. The van der Waals surface area contributed by atoms with Crippen LogP contribution in [0, 0.1) is 6.92 Å². The third-order valence-corrected chi connectivity index (χ3v) is 3.65. The van der Waals surface area contributed by atoms with Crippen LogP contribution in [0.3, 0.4) is 0 Å². The lowest BCUT2D eigenvalue weighted by atomic mass is 9.68. The van der Waals surface area contributed by atoms with Crippen LogP contribution in [0.1, 0.15) is 84.6 Å². The zero-order chi connectivity index (χ0) is 15.2. The molecule has 0 spiro atoms. The second kappa shape index (κ2) is 4.65. The van der Waals surface area contributed by atoms with E-state index in [4.69, 9.17) is 0 Å². The Morgan fingerprint density at radius 1 is 0.579 bits per heavy atom. The van der Waals surface area contributed by atoms with Crippen LogP contribution in [-0.4, -0.2) is 0 Å². The summed E-state index contributed by atoms with van der Waals surface area (Å²) in [7, 11) is 0. The van der Waals surface area contributed by atoms with E-state index in [1.165, 1.54) is 22.3 Å². The number of aryl methyl sites for hydroxylation is 1. The Labute approximate surface area is 120 Å². The molecule has 0 fully saturated rings. The lowest BCUT2D eigenvalue weighted by molar-refractivity contribution is 0.497. The Morgan fingerprint density at radius 2 is 0.895 bits per heavy atom. The molecule has 19 heavy (non-hydrogen) atoms. The lowest BCUT2D eigenvalue weighted by Crippen LogP contribution is -2.28. The van der Waals surface area contributed by atoms with E-state index in [9.17, 15) is 0 Å². The summed E-state index contributed by atoms with van der Waals surface area (Å²) >= 11 is 0. The molecule has 0 aromatic heterocycles. The van der Waals surface area contributed by atoms with Crippen molar-refractivity contribution in [3.05, 3.63) is 34.4 Å². The average Bonchev–Trinajstić information content (AvgIpc) is 2.11. The summed E-state index contributed by atoms with van der Waals surface area (Å²) < 4.78 is 0. The fraction of sp³-hybridized carbons (Fsp3) is 0.684. The van der Waals surface area contributed by atoms with Crippen LogP contribution < -0.4 is 0 Å². The minimum absolute atomic E-state index is 0.179. The second-order valence-corrected chi connectivity index (χ2v) is 8.99. The van der Waals surface area contributed by atoms with Gasteiger partial charge in [0.2, 0.25) is 0 Å². The third-order valence-electron chi connectivity index (χ3n) is 3.65. The van der Waals surface area contributed by atoms with Crippen LogP contribution in [0.4, 0.5) is 0 Å². The molecule has 0 amide bonds. The summed E-state index contributed by atoms with van der Waals surface area (Å²) in [6.45, 7) is 23.2. The van der Waals surface area contributed by atoms with E-state index in [2.05, 4.69) is 81.4 Å².